The van der Waals surface area contributed by atoms with E-state index >= 15 is 0 Å². The first-order chi connectivity index (χ1) is 8.25. The third kappa shape index (κ3) is 1.62. The van der Waals surface area contributed by atoms with Gasteiger partial charge in [-0.15, -0.1) is 0 Å². The molecule has 0 amide bonds. The maximum Gasteiger partial charge on any atom is 0.125 e. The van der Waals surface area contributed by atoms with Crippen LogP contribution in [0.5, 0.6) is 0 Å². The Morgan fingerprint density at radius 2 is 1.71 bits per heavy atom. The molecule has 0 saturated heterocycles. The minimum atomic E-state index is 0.801. The first-order valence-corrected chi connectivity index (χ1v) is 5.62. The van der Waals surface area contributed by atoms with Crippen LogP contribution in [0.2, 0.25) is 0 Å². The van der Waals surface area contributed by atoms with Gasteiger partial charge in [0.25, 0.3) is 0 Å². The lowest BCUT2D eigenvalue weighted by atomic mass is 10.2. The fraction of sp³-hybridized carbons (Fsp3) is 0.231. The number of nitrogens with zero attached hydrogens (tertiary/aromatic N) is 4. The van der Waals surface area contributed by atoms with Gasteiger partial charge in [0, 0.05) is 7.05 Å². The Balaban J connectivity index is 2.04. The van der Waals surface area contributed by atoms with Crippen LogP contribution in [-0.2, 0) is 0 Å². The van der Waals surface area contributed by atoms with E-state index in [2.05, 4.69) is 51.1 Å². The molecule has 1 aromatic carbocycles. The molecule has 0 atom stereocenters. The summed E-state index contributed by atoms with van der Waals surface area (Å²) in [6.07, 6.45) is 3.75. The van der Waals surface area contributed by atoms with Crippen LogP contribution in [0.3, 0.4) is 0 Å². The van der Waals surface area contributed by atoms with Crippen molar-refractivity contribution in [2.75, 3.05) is 23.5 Å². The highest BCUT2D eigenvalue weighted by Gasteiger charge is 2.23. The van der Waals surface area contributed by atoms with E-state index in [-0.39, 0.29) is 0 Å². The van der Waals surface area contributed by atoms with Crippen LogP contribution >= 0.6 is 0 Å². The van der Waals surface area contributed by atoms with Crippen LogP contribution in [0, 0.1) is 6.92 Å². The van der Waals surface area contributed by atoms with Crippen molar-refractivity contribution in [2.24, 2.45) is 0 Å². The molecule has 4 nitrogen and oxygen atoms in total. The highest BCUT2D eigenvalue weighted by molar-refractivity contribution is 5.81. The molecule has 1 aliphatic heterocycles. The van der Waals surface area contributed by atoms with E-state index in [1.54, 1.807) is 0 Å². The number of para-hydroxylation sites is 2. The van der Waals surface area contributed by atoms with Gasteiger partial charge in [-0.2, -0.15) is 0 Å². The molecule has 0 bridgehead atoms. The SMILES string of the molecule is Cc1ncc(N2CN(C)c3ccccc32)cn1. The van der Waals surface area contributed by atoms with Crippen molar-refractivity contribution < 1.29 is 0 Å². The zero-order valence-corrected chi connectivity index (χ0v) is 9.96. The molecule has 17 heavy (non-hydrogen) atoms. The second-order valence-corrected chi connectivity index (χ2v) is 4.24. The van der Waals surface area contributed by atoms with Gasteiger partial charge in [0.05, 0.1) is 36.1 Å². The molecule has 4 heteroatoms. The number of hydrogen-bond donors (Lipinski definition) is 0. The number of benzene rings is 1. The van der Waals surface area contributed by atoms with Gasteiger partial charge in [-0.05, 0) is 19.1 Å². The van der Waals surface area contributed by atoms with E-state index in [4.69, 9.17) is 0 Å². The van der Waals surface area contributed by atoms with Crippen molar-refractivity contribution >= 4 is 17.1 Å². The Bertz CT molecular complexity index is 535. The van der Waals surface area contributed by atoms with E-state index in [1.807, 2.05) is 19.3 Å². The van der Waals surface area contributed by atoms with E-state index in [1.165, 1.54) is 11.4 Å². The van der Waals surface area contributed by atoms with Gasteiger partial charge in [0.1, 0.15) is 5.82 Å². The number of rotatable bonds is 1. The average Bonchev–Trinajstić information content (AvgIpc) is 2.69. The molecule has 3 rings (SSSR count). The van der Waals surface area contributed by atoms with Crippen LogP contribution in [0.4, 0.5) is 17.1 Å². The average molecular weight is 226 g/mol. The molecule has 0 saturated carbocycles. The summed E-state index contributed by atoms with van der Waals surface area (Å²) in [5, 5.41) is 0. The number of fused-ring (bicyclic) bond motifs is 1. The van der Waals surface area contributed by atoms with E-state index in [0.29, 0.717) is 0 Å². The third-order valence-corrected chi connectivity index (χ3v) is 3.02. The minimum absolute atomic E-state index is 0.801. The van der Waals surface area contributed by atoms with Gasteiger partial charge in [0.2, 0.25) is 0 Å². The van der Waals surface area contributed by atoms with Crippen molar-refractivity contribution in [2.45, 2.75) is 6.92 Å². The van der Waals surface area contributed by atoms with Crippen LogP contribution in [0.25, 0.3) is 0 Å². The van der Waals surface area contributed by atoms with Gasteiger partial charge in [-0.3, -0.25) is 0 Å². The van der Waals surface area contributed by atoms with E-state index in [0.717, 1.165) is 18.2 Å². The Morgan fingerprint density at radius 1 is 1.06 bits per heavy atom. The number of aryl methyl sites for hydroxylation is 1. The lowest BCUT2D eigenvalue weighted by molar-refractivity contribution is 0.932. The smallest absolute Gasteiger partial charge is 0.125 e. The summed E-state index contributed by atoms with van der Waals surface area (Å²) >= 11 is 0. The monoisotopic (exact) mass is 226 g/mol. The second kappa shape index (κ2) is 3.73. The normalized spacial score (nSPS) is 14.0. The maximum absolute atomic E-state index is 4.25. The van der Waals surface area contributed by atoms with Crippen LogP contribution in [-0.4, -0.2) is 23.7 Å². The Hall–Kier alpha value is -2.10. The maximum atomic E-state index is 4.25. The topological polar surface area (TPSA) is 32.3 Å². The van der Waals surface area contributed by atoms with Crippen molar-refractivity contribution in [3.05, 3.63) is 42.5 Å². The van der Waals surface area contributed by atoms with Gasteiger partial charge >= 0.3 is 0 Å². The molecule has 86 valence electrons. The third-order valence-electron chi connectivity index (χ3n) is 3.02. The molecular formula is C13H14N4. The van der Waals surface area contributed by atoms with Crippen molar-refractivity contribution in [1.29, 1.82) is 0 Å². The second-order valence-electron chi connectivity index (χ2n) is 4.24. The summed E-state index contributed by atoms with van der Waals surface area (Å²) in [7, 11) is 2.09. The highest BCUT2D eigenvalue weighted by Crippen LogP contribution is 2.38. The Morgan fingerprint density at radius 3 is 2.41 bits per heavy atom. The van der Waals surface area contributed by atoms with Crippen molar-refractivity contribution in [3.63, 3.8) is 0 Å². The predicted molar refractivity (Wildman–Crippen MR) is 68.6 cm³/mol. The molecule has 0 unspecified atom stereocenters. The summed E-state index contributed by atoms with van der Waals surface area (Å²) in [4.78, 5) is 12.9. The number of hydrogen-bond acceptors (Lipinski definition) is 4. The summed E-state index contributed by atoms with van der Waals surface area (Å²) in [6, 6.07) is 8.37. The zero-order valence-electron chi connectivity index (χ0n) is 9.96. The minimum Gasteiger partial charge on any atom is -0.355 e. The van der Waals surface area contributed by atoms with Gasteiger partial charge < -0.3 is 9.80 Å². The first-order valence-electron chi connectivity index (χ1n) is 5.62. The molecule has 1 aromatic heterocycles. The number of anilines is 3. The molecular weight excluding hydrogens is 212 g/mol. The quantitative estimate of drug-likeness (QED) is 0.747. The van der Waals surface area contributed by atoms with E-state index < -0.39 is 0 Å². The van der Waals surface area contributed by atoms with Crippen LogP contribution in [0.1, 0.15) is 5.82 Å². The van der Waals surface area contributed by atoms with Crippen LogP contribution in [0.15, 0.2) is 36.7 Å². The Labute approximate surface area is 101 Å². The van der Waals surface area contributed by atoms with Crippen molar-refractivity contribution in [3.8, 4) is 0 Å². The lowest BCUT2D eigenvalue weighted by Gasteiger charge is -2.18. The Kier molecular flexibility index (Phi) is 2.21. The van der Waals surface area contributed by atoms with Gasteiger partial charge in [-0.1, -0.05) is 12.1 Å². The van der Waals surface area contributed by atoms with Gasteiger partial charge in [0.15, 0.2) is 0 Å². The highest BCUT2D eigenvalue weighted by atomic mass is 15.4. The fourth-order valence-electron chi connectivity index (χ4n) is 2.13. The number of aromatic nitrogens is 2. The van der Waals surface area contributed by atoms with E-state index in [9.17, 15) is 0 Å². The zero-order chi connectivity index (χ0) is 11.8. The molecule has 0 N–H and O–H groups in total. The van der Waals surface area contributed by atoms with Crippen molar-refractivity contribution in [1.82, 2.24) is 9.97 Å². The van der Waals surface area contributed by atoms with Gasteiger partial charge in [-0.25, -0.2) is 9.97 Å². The molecule has 0 radical (unpaired) electrons. The predicted octanol–water partition coefficient (Wildman–Crippen LogP) is 2.33. The molecule has 0 aliphatic carbocycles. The molecule has 0 spiro atoms. The molecule has 2 heterocycles. The fourth-order valence-corrected chi connectivity index (χ4v) is 2.13. The first kappa shape index (κ1) is 10.1. The summed E-state index contributed by atoms with van der Waals surface area (Å²) in [6.45, 7) is 2.74. The molecule has 0 fully saturated rings. The largest absolute Gasteiger partial charge is 0.355 e. The summed E-state index contributed by atoms with van der Waals surface area (Å²) in [5.74, 6) is 0.801. The summed E-state index contributed by atoms with van der Waals surface area (Å²) in [5.41, 5.74) is 3.49. The summed E-state index contributed by atoms with van der Waals surface area (Å²) < 4.78 is 0. The molecule has 2 aromatic rings. The van der Waals surface area contributed by atoms with Crippen LogP contribution < -0.4 is 9.80 Å². The lowest BCUT2D eigenvalue weighted by Crippen LogP contribution is -2.24. The standard InChI is InChI=1S/C13H14N4/c1-10-14-7-11(8-15-10)17-9-16(2)12-5-3-4-6-13(12)17/h3-8H,9H2,1-2H3. The molecule has 1 aliphatic rings.